The van der Waals surface area contributed by atoms with Gasteiger partial charge in [-0.15, -0.1) is 6.58 Å². The van der Waals surface area contributed by atoms with Crippen LogP contribution in [0, 0.1) is 0 Å². The van der Waals surface area contributed by atoms with Crippen molar-refractivity contribution in [2.24, 2.45) is 14.1 Å². The third-order valence-electron chi connectivity index (χ3n) is 5.49. The normalized spacial score (nSPS) is 11.3. The molecule has 5 aromatic rings. The van der Waals surface area contributed by atoms with Gasteiger partial charge in [0, 0.05) is 55.3 Å². The molecule has 0 unspecified atom stereocenters. The Labute approximate surface area is 183 Å². The molecule has 0 N–H and O–H groups in total. The summed E-state index contributed by atoms with van der Waals surface area (Å²) in [4.78, 5) is 26.7. The van der Waals surface area contributed by atoms with Gasteiger partial charge in [-0.1, -0.05) is 6.08 Å². The molecule has 5 rings (SSSR count). The van der Waals surface area contributed by atoms with Gasteiger partial charge in [0.2, 0.25) is 5.95 Å². The van der Waals surface area contributed by atoms with Crippen molar-refractivity contribution in [1.29, 1.82) is 0 Å². The lowest BCUT2D eigenvalue weighted by Gasteiger charge is -2.10. The molecule has 0 amide bonds. The second kappa shape index (κ2) is 7.45. The zero-order chi connectivity index (χ0) is 22.4. The third-order valence-corrected chi connectivity index (χ3v) is 5.49. The Balaban J connectivity index is 1.85. The monoisotopic (exact) mass is 427 g/mol. The van der Waals surface area contributed by atoms with Crippen LogP contribution in [0.4, 0.5) is 0 Å². The number of fused-ring (bicyclic) bond motifs is 3. The van der Waals surface area contributed by atoms with Crippen molar-refractivity contribution in [2.45, 2.75) is 6.42 Å². The number of ether oxygens (including phenoxy) is 1. The maximum atomic E-state index is 13.2. The quantitative estimate of drug-likeness (QED) is 0.401. The maximum absolute atomic E-state index is 13.2. The maximum Gasteiger partial charge on any atom is 0.335 e. The first-order chi connectivity index (χ1) is 15.5. The fraction of sp³-hybridized carbons (Fsp3) is 0.174. The van der Waals surface area contributed by atoms with Crippen LogP contribution in [0.5, 0.6) is 5.75 Å². The highest BCUT2D eigenvalue weighted by atomic mass is 16.5. The van der Waals surface area contributed by atoms with Crippen molar-refractivity contribution in [2.75, 3.05) is 7.11 Å². The standard InChI is InChI=1S/C23H21N7O2/c1-5-6-14-9-25-22(26-10-14)30-21-17-7-16(15-11-27-28(2)13-15)20(32-4)8-18(17)24-12-19(21)29(3)23(30)31/h5,7-13H,1,6H2,2-4H3. The van der Waals surface area contributed by atoms with Gasteiger partial charge in [0.25, 0.3) is 0 Å². The van der Waals surface area contributed by atoms with E-state index in [1.165, 1.54) is 4.57 Å². The number of pyridine rings is 1. The molecule has 0 aliphatic carbocycles. The summed E-state index contributed by atoms with van der Waals surface area (Å²) < 4.78 is 10.4. The van der Waals surface area contributed by atoms with Gasteiger partial charge in [0.1, 0.15) is 5.75 Å². The number of allylic oxidation sites excluding steroid dienone is 1. The molecule has 0 atom stereocenters. The van der Waals surface area contributed by atoms with Crippen molar-refractivity contribution in [1.82, 2.24) is 33.9 Å². The van der Waals surface area contributed by atoms with Crippen LogP contribution < -0.4 is 10.4 Å². The summed E-state index contributed by atoms with van der Waals surface area (Å²) in [5, 5.41) is 5.07. The lowest BCUT2D eigenvalue weighted by Crippen LogP contribution is -2.22. The average molecular weight is 427 g/mol. The number of imidazole rings is 1. The van der Waals surface area contributed by atoms with Crippen LogP contribution in [0.2, 0.25) is 0 Å². The van der Waals surface area contributed by atoms with Crippen molar-refractivity contribution in [3.05, 3.63) is 71.8 Å². The van der Waals surface area contributed by atoms with Gasteiger partial charge in [0.05, 0.1) is 36.1 Å². The molecule has 1 aromatic carbocycles. The number of benzene rings is 1. The lowest BCUT2D eigenvalue weighted by molar-refractivity contribution is 0.417. The summed E-state index contributed by atoms with van der Waals surface area (Å²) in [5.41, 5.74) is 4.50. The Hall–Kier alpha value is -4.27. The molecule has 0 saturated carbocycles. The van der Waals surface area contributed by atoms with Crippen LogP contribution in [0.25, 0.3) is 39.0 Å². The third kappa shape index (κ3) is 2.97. The second-order valence-corrected chi connectivity index (χ2v) is 7.53. The Bertz CT molecular complexity index is 1540. The van der Waals surface area contributed by atoms with E-state index in [-0.39, 0.29) is 5.69 Å². The highest BCUT2D eigenvalue weighted by molar-refractivity contribution is 6.05. The first-order valence-electron chi connectivity index (χ1n) is 10.0. The fourth-order valence-corrected chi connectivity index (χ4v) is 3.90. The predicted octanol–water partition coefficient (Wildman–Crippen LogP) is 2.81. The summed E-state index contributed by atoms with van der Waals surface area (Å²) in [6.45, 7) is 3.74. The van der Waals surface area contributed by atoms with Crippen LogP contribution in [-0.2, 0) is 20.5 Å². The highest BCUT2D eigenvalue weighted by Crippen LogP contribution is 2.36. The van der Waals surface area contributed by atoms with Gasteiger partial charge in [-0.3, -0.25) is 14.2 Å². The largest absolute Gasteiger partial charge is 0.496 e. The molecule has 4 heterocycles. The molecule has 0 spiro atoms. The number of nitrogens with zero attached hydrogens (tertiary/aromatic N) is 7. The van der Waals surface area contributed by atoms with Crippen LogP contribution in [0.15, 0.2) is 60.6 Å². The molecule has 9 nitrogen and oxygen atoms in total. The van der Waals surface area contributed by atoms with E-state index < -0.39 is 0 Å². The SMILES string of the molecule is C=CCc1cnc(-n2c(=O)n(C)c3cnc4cc(OC)c(-c5cnn(C)c5)cc4c32)nc1. The molecule has 32 heavy (non-hydrogen) atoms. The van der Waals surface area contributed by atoms with E-state index in [1.54, 1.807) is 54.3 Å². The van der Waals surface area contributed by atoms with Crippen LogP contribution in [0.3, 0.4) is 0 Å². The van der Waals surface area contributed by atoms with Crippen molar-refractivity contribution in [3.8, 4) is 22.8 Å². The first kappa shape index (κ1) is 19.7. The fourth-order valence-electron chi connectivity index (χ4n) is 3.90. The molecule has 0 radical (unpaired) electrons. The molecule has 0 aliphatic heterocycles. The molecule has 4 aromatic heterocycles. The predicted molar refractivity (Wildman–Crippen MR) is 122 cm³/mol. The number of aromatic nitrogens is 7. The molecule has 0 saturated heterocycles. The van der Waals surface area contributed by atoms with Crippen LogP contribution in [-0.4, -0.2) is 41.0 Å². The highest BCUT2D eigenvalue weighted by Gasteiger charge is 2.20. The number of rotatable bonds is 5. The average Bonchev–Trinajstić information content (AvgIpc) is 3.35. The molecule has 9 heteroatoms. The van der Waals surface area contributed by atoms with E-state index in [0.29, 0.717) is 34.7 Å². The van der Waals surface area contributed by atoms with Crippen molar-refractivity contribution in [3.63, 3.8) is 0 Å². The summed E-state index contributed by atoms with van der Waals surface area (Å²) >= 11 is 0. The van der Waals surface area contributed by atoms with E-state index in [2.05, 4.69) is 26.6 Å². The molecular formula is C23H21N7O2. The lowest BCUT2D eigenvalue weighted by atomic mass is 10.0. The Morgan fingerprint density at radius 1 is 1.09 bits per heavy atom. The minimum absolute atomic E-state index is 0.246. The molecule has 0 aliphatic rings. The summed E-state index contributed by atoms with van der Waals surface area (Å²) in [6, 6.07) is 3.84. The molecule has 0 fully saturated rings. The summed E-state index contributed by atoms with van der Waals surface area (Å²) in [5.74, 6) is 0.979. The van der Waals surface area contributed by atoms with Gasteiger partial charge in [-0.2, -0.15) is 5.10 Å². The van der Waals surface area contributed by atoms with Crippen molar-refractivity contribution < 1.29 is 4.74 Å². The molecule has 160 valence electrons. The number of hydrogen-bond acceptors (Lipinski definition) is 6. The zero-order valence-corrected chi connectivity index (χ0v) is 18.0. The van der Waals surface area contributed by atoms with E-state index in [0.717, 1.165) is 22.1 Å². The Morgan fingerprint density at radius 3 is 2.53 bits per heavy atom. The Kier molecular flexibility index (Phi) is 4.58. The van der Waals surface area contributed by atoms with Gasteiger partial charge < -0.3 is 4.74 Å². The zero-order valence-electron chi connectivity index (χ0n) is 18.0. The topological polar surface area (TPSA) is 92.6 Å². The van der Waals surface area contributed by atoms with Gasteiger partial charge in [0.15, 0.2) is 0 Å². The minimum Gasteiger partial charge on any atom is -0.496 e. The van der Waals surface area contributed by atoms with Crippen LogP contribution >= 0.6 is 0 Å². The summed E-state index contributed by atoms with van der Waals surface area (Å²) in [7, 11) is 5.20. The van der Waals surface area contributed by atoms with Crippen LogP contribution in [0.1, 0.15) is 5.56 Å². The minimum atomic E-state index is -0.246. The number of methoxy groups -OCH3 is 1. The van der Waals surface area contributed by atoms with Gasteiger partial charge in [-0.05, 0) is 18.1 Å². The van der Waals surface area contributed by atoms with E-state index in [4.69, 9.17) is 4.74 Å². The second-order valence-electron chi connectivity index (χ2n) is 7.53. The Morgan fingerprint density at radius 2 is 1.88 bits per heavy atom. The van der Waals surface area contributed by atoms with Gasteiger partial charge >= 0.3 is 5.69 Å². The van der Waals surface area contributed by atoms with Gasteiger partial charge in [-0.25, -0.2) is 19.3 Å². The van der Waals surface area contributed by atoms with Crippen molar-refractivity contribution >= 4 is 21.9 Å². The smallest absolute Gasteiger partial charge is 0.335 e. The molecule has 0 bridgehead atoms. The van der Waals surface area contributed by atoms with E-state index in [9.17, 15) is 4.79 Å². The first-order valence-corrected chi connectivity index (χ1v) is 10.0. The van der Waals surface area contributed by atoms with E-state index in [1.807, 2.05) is 25.4 Å². The number of aryl methyl sites for hydroxylation is 2. The summed E-state index contributed by atoms with van der Waals surface area (Å²) in [6.07, 6.45) is 11.2. The number of hydrogen-bond donors (Lipinski definition) is 0. The molecular weight excluding hydrogens is 406 g/mol. The van der Waals surface area contributed by atoms with E-state index >= 15 is 0 Å².